The van der Waals surface area contributed by atoms with E-state index in [9.17, 15) is 14.7 Å². The Morgan fingerprint density at radius 1 is 0.946 bits per heavy atom. The van der Waals surface area contributed by atoms with Crippen LogP contribution in [0.15, 0.2) is 71.3 Å². The van der Waals surface area contributed by atoms with E-state index >= 15 is 0 Å². The second-order valence-electron chi connectivity index (χ2n) is 9.79. The fourth-order valence-corrected chi connectivity index (χ4v) is 4.51. The molecule has 0 radical (unpaired) electrons. The van der Waals surface area contributed by atoms with Gasteiger partial charge in [-0.15, -0.1) is 0 Å². The summed E-state index contributed by atoms with van der Waals surface area (Å²) in [7, 11) is 0. The van der Waals surface area contributed by atoms with Crippen LogP contribution in [0, 0.1) is 6.92 Å². The average molecular weight is 495 g/mol. The number of nitrogens with one attached hydrogen (secondary N) is 2. The number of rotatable bonds is 8. The van der Waals surface area contributed by atoms with Crippen molar-refractivity contribution in [3.8, 4) is 22.5 Å². The molecular weight excluding hydrogens is 468 g/mol. The van der Waals surface area contributed by atoms with E-state index in [0.29, 0.717) is 41.5 Å². The highest BCUT2D eigenvalue weighted by Gasteiger charge is 2.51. The molecule has 0 spiro atoms. The number of hydrogen-bond acceptors (Lipinski definition) is 6. The van der Waals surface area contributed by atoms with Crippen LogP contribution in [-0.4, -0.2) is 33.2 Å². The largest absolute Gasteiger partial charge is 0.481 e. The van der Waals surface area contributed by atoms with Crippen molar-refractivity contribution in [3.05, 3.63) is 83.7 Å². The van der Waals surface area contributed by atoms with Crippen molar-refractivity contribution >= 4 is 23.4 Å². The molecule has 3 N–H and O–H groups in total. The minimum Gasteiger partial charge on any atom is -0.481 e. The monoisotopic (exact) mass is 494 g/mol. The Kier molecular flexibility index (Phi) is 5.52. The van der Waals surface area contributed by atoms with Gasteiger partial charge in [-0.05, 0) is 61.4 Å². The molecule has 37 heavy (non-hydrogen) atoms. The third-order valence-corrected chi connectivity index (χ3v) is 7.09. The van der Waals surface area contributed by atoms with Gasteiger partial charge < -0.3 is 20.3 Å². The van der Waals surface area contributed by atoms with Gasteiger partial charge in [-0.25, -0.2) is 4.98 Å². The van der Waals surface area contributed by atoms with E-state index in [1.165, 1.54) is 0 Å². The molecule has 0 bridgehead atoms. The van der Waals surface area contributed by atoms with Crippen LogP contribution in [-0.2, 0) is 10.2 Å². The van der Waals surface area contributed by atoms with Crippen molar-refractivity contribution in [2.75, 3.05) is 5.32 Å². The van der Waals surface area contributed by atoms with E-state index in [-0.39, 0.29) is 11.9 Å². The fourth-order valence-electron chi connectivity index (χ4n) is 4.51. The van der Waals surface area contributed by atoms with Crippen molar-refractivity contribution in [1.29, 1.82) is 0 Å². The number of aryl methyl sites for hydroxylation is 1. The number of hydrogen-bond donors (Lipinski definition) is 3. The SMILES string of the molecule is Cc1noc(-c2ccc(-c3ccc(C4(C(=O)O)CC4)cc3)cc2)c1Nc1cccc(C(=O)NC2CC2)n1. The van der Waals surface area contributed by atoms with Gasteiger partial charge in [-0.1, -0.05) is 59.8 Å². The van der Waals surface area contributed by atoms with Crippen molar-refractivity contribution in [3.63, 3.8) is 0 Å². The number of nitrogens with zero attached hydrogens (tertiary/aromatic N) is 2. The summed E-state index contributed by atoms with van der Waals surface area (Å²) in [4.78, 5) is 28.5. The lowest BCUT2D eigenvalue weighted by atomic mass is 9.93. The van der Waals surface area contributed by atoms with E-state index in [4.69, 9.17) is 4.52 Å². The molecule has 0 unspecified atom stereocenters. The van der Waals surface area contributed by atoms with Gasteiger partial charge in [0, 0.05) is 11.6 Å². The van der Waals surface area contributed by atoms with E-state index in [1.807, 2.05) is 55.5 Å². The number of carboxylic acids is 1. The summed E-state index contributed by atoms with van der Waals surface area (Å²) in [5.41, 5.74) is 4.74. The van der Waals surface area contributed by atoms with Gasteiger partial charge in [0.15, 0.2) is 5.76 Å². The molecule has 0 saturated heterocycles. The molecule has 2 saturated carbocycles. The molecular formula is C29H26N4O4. The Labute approximate surface area is 213 Å². The van der Waals surface area contributed by atoms with Gasteiger partial charge in [0.1, 0.15) is 22.9 Å². The predicted molar refractivity (Wildman–Crippen MR) is 139 cm³/mol. The van der Waals surface area contributed by atoms with Gasteiger partial charge in [-0.2, -0.15) is 0 Å². The Morgan fingerprint density at radius 3 is 2.22 bits per heavy atom. The summed E-state index contributed by atoms with van der Waals surface area (Å²) < 4.78 is 5.65. The van der Waals surface area contributed by atoms with Crippen LogP contribution < -0.4 is 10.6 Å². The van der Waals surface area contributed by atoms with Crippen molar-refractivity contribution in [1.82, 2.24) is 15.5 Å². The number of amides is 1. The molecule has 2 aliphatic rings. The van der Waals surface area contributed by atoms with E-state index in [2.05, 4.69) is 20.8 Å². The molecule has 2 aromatic carbocycles. The maximum absolute atomic E-state index is 12.4. The minimum absolute atomic E-state index is 0.174. The first kappa shape index (κ1) is 23.0. The van der Waals surface area contributed by atoms with Crippen LogP contribution in [0.25, 0.3) is 22.5 Å². The highest BCUT2D eigenvalue weighted by molar-refractivity contribution is 5.93. The van der Waals surface area contributed by atoms with Gasteiger partial charge >= 0.3 is 5.97 Å². The van der Waals surface area contributed by atoms with E-state index in [1.54, 1.807) is 18.2 Å². The summed E-state index contributed by atoms with van der Waals surface area (Å²) >= 11 is 0. The van der Waals surface area contributed by atoms with E-state index < -0.39 is 11.4 Å². The van der Waals surface area contributed by atoms with Gasteiger partial charge in [0.05, 0.1) is 5.41 Å². The molecule has 186 valence electrons. The number of carbonyl (C=O) groups is 2. The zero-order valence-corrected chi connectivity index (χ0v) is 20.3. The summed E-state index contributed by atoms with van der Waals surface area (Å²) in [6.07, 6.45) is 3.42. The second kappa shape index (κ2) is 8.89. The maximum atomic E-state index is 12.4. The topological polar surface area (TPSA) is 117 Å². The number of carboxylic acid groups (broad SMARTS) is 1. The van der Waals surface area contributed by atoms with Crippen LogP contribution >= 0.6 is 0 Å². The number of carbonyl (C=O) groups excluding carboxylic acids is 1. The van der Waals surface area contributed by atoms with Crippen molar-refractivity contribution in [2.24, 2.45) is 0 Å². The van der Waals surface area contributed by atoms with Gasteiger partial charge in [0.2, 0.25) is 0 Å². The van der Waals surface area contributed by atoms with Crippen LogP contribution in [0.3, 0.4) is 0 Å². The lowest BCUT2D eigenvalue weighted by Crippen LogP contribution is -2.26. The zero-order valence-electron chi connectivity index (χ0n) is 20.3. The van der Waals surface area contributed by atoms with Crippen LogP contribution in [0.2, 0.25) is 0 Å². The molecule has 0 atom stereocenters. The summed E-state index contributed by atoms with van der Waals surface area (Å²) in [6, 6.07) is 21.2. The van der Waals surface area contributed by atoms with Crippen molar-refractivity contribution < 1.29 is 19.2 Å². The lowest BCUT2D eigenvalue weighted by molar-refractivity contribution is -0.140. The third-order valence-electron chi connectivity index (χ3n) is 7.09. The molecule has 4 aromatic rings. The molecule has 2 heterocycles. The second-order valence-corrected chi connectivity index (χ2v) is 9.79. The third kappa shape index (κ3) is 4.46. The van der Waals surface area contributed by atoms with Crippen LogP contribution in [0.4, 0.5) is 11.5 Å². The smallest absolute Gasteiger partial charge is 0.314 e. The van der Waals surface area contributed by atoms with Crippen LogP contribution in [0.1, 0.15) is 47.4 Å². The zero-order chi connectivity index (χ0) is 25.6. The quantitative estimate of drug-likeness (QED) is 0.298. The normalized spacial score (nSPS) is 15.7. The molecule has 0 aliphatic heterocycles. The molecule has 2 aromatic heterocycles. The number of benzene rings is 2. The number of aliphatic carboxylic acids is 1. The molecule has 1 amide bonds. The molecule has 8 heteroatoms. The Bertz CT molecular complexity index is 1480. The molecule has 2 fully saturated rings. The minimum atomic E-state index is -0.750. The van der Waals surface area contributed by atoms with Gasteiger partial charge in [0.25, 0.3) is 5.91 Å². The Morgan fingerprint density at radius 2 is 1.59 bits per heavy atom. The van der Waals surface area contributed by atoms with E-state index in [0.717, 1.165) is 35.1 Å². The average Bonchev–Trinajstić information content (AvgIpc) is 3.85. The first-order chi connectivity index (χ1) is 17.9. The van der Waals surface area contributed by atoms with Crippen LogP contribution in [0.5, 0.6) is 0 Å². The first-order valence-corrected chi connectivity index (χ1v) is 12.4. The standard InChI is InChI=1S/C29H26N4O4/c1-17-25(32-24-4-2-3-23(31-24)27(34)30-22-13-14-22)26(37-33-17)20-7-5-18(6-8-20)19-9-11-21(12-10-19)29(15-16-29)28(35)36/h2-12,22H,13-16H2,1H3,(H,30,34)(H,31,32)(H,35,36). The lowest BCUT2D eigenvalue weighted by Gasteiger charge is -2.11. The van der Waals surface area contributed by atoms with Gasteiger partial charge in [-0.3, -0.25) is 9.59 Å². The summed E-state index contributed by atoms with van der Waals surface area (Å²) in [5.74, 6) is 0.181. The fraction of sp³-hybridized carbons (Fsp3) is 0.241. The first-order valence-electron chi connectivity index (χ1n) is 12.4. The summed E-state index contributed by atoms with van der Waals surface area (Å²) in [5, 5.41) is 19.9. The molecule has 6 rings (SSSR count). The maximum Gasteiger partial charge on any atom is 0.314 e. The van der Waals surface area contributed by atoms with Crippen molar-refractivity contribution in [2.45, 2.75) is 44.1 Å². The summed E-state index contributed by atoms with van der Waals surface area (Å²) in [6.45, 7) is 1.85. The highest BCUT2D eigenvalue weighted by atomic mass is 16.5. The molecule has 2 aliphatic carbocycles. The Hall–Kier alpha value is -4.46. The Balaban J connectivity index is 1.21. The number of aromatic nitrogens is 2. The number of anilines is 2. The molecule has 8 nitrogen and oxygen atoms in total. The number of pyridine rings is 1. The predicted octanol–water partition coefficient (Wildman–Crippen LogP) is 5.46. The highest BCUT2D eigenvalue weighted by Crippen LogP contribution is 2.48.